The number of methoxy groups -OCH3 is 2. The van der Waals surface area contributed by atoms with Crippen LogP contribution in [0.4, 0.5) is 0 Å². The number of cyclic esters (lactones) is 1. The molecule has 334 valence electrons. The van der Waals surface area contributed by atoms with E-state index < -0.39 is 83.9 Å². The van der Waals surface area contributed by atoms with Gasteiger partial charge in [0, 0.05) is 44.9 Å². The quantitative estimate of drug-likeness (QED) is 0.161. The summed E-state index contributed by atoms with van der Waals surface area (Å²) in [6, 6.07) is -1.14. The summed E-state index contributed by atoms with van der Waals surface area (Å²) in [6.45, 7) is 13.5. The number of amides is 1. The average Bonchev–Trinajstić information content (AvgIpc) is 3.21. The van der Waals surface area contributed by atoms with Gasteiger partial charge in [-0.1, -0.05) is 57.6 Å². The van der Waals surface area contributed by atoms with Crippen LogP contribution in [0.25, 0.3) is 0 Å². The van der Waals surface area contributed by atoms with Crippen LogP contribution < -0.4 is 0 Å². The van der Waals surface area contributed by atoms with Crippen LogP contribution in [-0.2, 0) is 42.9 Å². The maximum absolute atomic E-state index is 14.4. The van der Waals surface area contributed by atoms with E-state index in [1.165, 1.54) is 19.1 Å². The number of nitrogens with zero attached hydrogens (tertiary/aromatic N) is 1. The number of rotatable bonds is 8. The fourth-order valence-electron chi connectivity index (χ4n) is 9.59. The van der Waals surface area contributed by atoms with Gasteiger partial charge in [-0.3, -0.25) is 14.4 Å². The van der Waals surface area contributed by atoms with Crippen LogP contribution in [0, 0.1) is 29.6 Å². The summed E-state index contributed by atoms with van der Waals surface area (Å²) in [5, 5.41) is 34.5. The van der Waals surface area contributed by atoms with Crippen molar-refractivity contribution in [3.8, 4) is 0 Å². The zero-order valence-electron chi connectivity index (χ0n) is 37.0. The number of hydrogen-bond acceptors (Lipinski definition) is 12. The maximum Gasteiger partial charge on any atom is 0.329 e. The van der Waals surface area contributed by atoms with E-state index in [9.17, 15) is 34.5 Å². The number of carbonyl (C=O) groups excluding carboxylic acids is 4. The second kappa shape index (κ2) is 22.4. The van der Waals surface area contributed by atoms with Gasteiger partial charge in [-0.05, 0) is 102 Å². The predicted molar refractivity (Wildman–Crippen MR) is 222 cm³/mol. The second-order valence-corrected chi connectivity index (χ2v) is 17.8. The summed E-state index contributed by atoms with van der Waals surface area (Å²) >= 11 is 0. The largest absolute Gasteiger partial charge is 0.456 e. The van der Waals surface area contributed by atoms with E-state index >= 15 is 0 Å². The molecule has 13 heteroatoms. The molecule has 14 unspecified atom stereocenters. The van der Waals surface area contributed by atoms with E-state index in [0.29, 0.717) is 63.5 Å². The molecule has 0 aromatic rings. The van der Waals surface area contributed by atoms with E-state index in [-0.39, 0.29) is 49.5 Å². The predicted octanol–water partition coefficient (Wildman–Crippen LogP) is 5.42. The summed E-state index contributed by atoms with van der Waals surface area (Å²) in [5.41, 5.74) is 1.66. The van der Waals surface area contributed by atoms with Gasteiger partial charge in [0.2, 0.25) is 5.79 Å². The van der Waals surface area contributed by atoms with Crippen molar-refractivity contribution in [1.82, 2.24) is 4.90 Å². The molecule has 14 atom stereocenters. The van der Waals surface area contributed by atoms with Crippen molar-refractivity contribution in [3.05, 3.63) is 35.5 Å². The smallest absolute Gasteiger partial charge is 0.329 e. The van der Waals surface area contributed by atoms with Crippen molar-refractivity contribution in [2.45, 2.75) is 174 Å². The lowest BCUT2D eigenvalue weighted by Crippen LogP contribution is -2.64. The van der Waals surface area contributed by atoms with E-state index in [4.69, 9.17) is 23.7 Å². The highest BCUT2D eigenvalue weighted by molar-refractivity contribution is 6.39. The molecule has 1 saturated carbocycles. The first kappa shape index (κ1) is 48.9. The van der Waals surface area contributed by atoms with E-state index in [0.717, 1.165) is 5.57 Å². The highest BCUT2D eigenvalue weighted by Crippen LogP contribution is 2.39. The van der Waals surface area contributed by atoms with Gasteiger partial charge < -0.3 is 43.9 Å². The Morgan fingerprint density at radius 1 is 0.949 bits per heavy atom. The summed E-state index contributed by atoms with van der Waals surface area (Å²) in [5.74, 6) is -7.55. The molecule has 0 aromatic carbocycles. The highest BCUT2D eigenvalue weighted by Gasteiger charge is 2.56. The molecular weight excluding hydrogens is 759 g/mol. The monoisotopic (exact) mass is 832 g/mol. The Morgan fingerprint density at radius 3 is 2.31 bits per heavy atom. The van der Waals surface area contributed by atoms with Crippen molar-refractivity contribution in [3.63, 3.8) is 0 Å². The van der Waals surface area contributed by atoms with Crippen LogP contribution in [0.15, 0.2) is 35.5 Å². The first-order valence-corrected chi connectivity index (χ1v) is 22.0. The fraction of sp³-hybridized carbons (Fsp3) is 0.783. The van der Waals surface area contributed by atoms with Crippen molar-refractivity contribution in [1.29, 1.82) is 0 Å². The first-order valence-electron chi connectivity index (χ1n) is 22.0. The zero-order valence-corrected chi connectivity index (χ0v) is 37.0. The van der Waals surface area contributed by atoms with Gasteiger partial charge in [0.05, 0.1) is 37.1 Å². The van der Waals surface area contributed by atoms with Gasteiger partial charge in [-0.25, -0.2) is 4.79 Å². The van der Waals surface area contributed by atoms with Crippen molar-refractivity contribution in [2.75, 3.05) is 27.4 Å². The van der Waals surface area contributed by atoms with Gasteiger partial charge >= 0.3 is 5.97 Å². The van der Waals surface area contributed by atoms with Gasteiger partial charge in [0.15, 0.2) is 0 Å². The maximum atomic E-state index is 14.4. The first-order chi connectivity index (χ1) is 28.0. The average molecular weight is 832 g/mol. The summed E-state index contributed by atoms with van der Waals surface area (Å²) in [6.07, 6.45) is 7.35. The Kier molecular flexibility index (Phi) is 18.5. The number of carbonyl (C=O) groups is 4. The normalized spacial score (nSPS) is 39.3. The molecule has 3 N–H and O–H groups in total. The number of Topliss-reactive ketones (excluding diaryl/α,β-unsaturated/α-hetero) is 2. The fourth-order valence-corrected chi connectivity index (χ4v) is 9.59. The van der Waals surface area contributed by atoms with E-state index in [2.05, 4.69) is 6.92 Å². The third-order valence-electron chi connectivity index (χ3n) is 13.2. The summed E-state index contributed by atoms with van der Waals surface area (Å²) < 4.78 is 30.3. The van der Waals surface area contributed by atoms with Crippen molar-refractivity contribution >= 4 is 23.4 Å². The molecule has 3 fully saturated rings. The second-order valence-electron chi connectivity index (χ2n) is 17.8. The number of ketones is 2. The molecule has 13 nitrogen and oxygen atoms in total. The molecule has 4 rings (SSSR count). The molecule has 1 amide bonds. The van der Waals surface area contributed by atoms with Crippen molar-refractivity contribution < 1.29 is 58.2 Å². The number of piperidine rings is 1. The minimum absolute atomic E-state index is 0.0216. The number of allylic oxidation sites excluding steroid dienone is 4. The molecule has 59 heavy (non-hydrogen) atoms. The third kappa shape index (κ3) is 12.2. The van der Waals surface area contributed by atoms with Crippen molar-refractivity contribution in [2.24, 2.45) is 29.6 Å². The van der Waals surface area contributed by atoms with Gasteiger partial charge in [0.1, 0.15) is 24.0 Å². The van der Waals surface area contributed by atoms with E-state index in [1.54, 1.807) is 13.8 Å². The molecule has 3 aliphatic heterocycles. The molecular formula is C46H73NO12. The number of ether oxygens (including phenoxy) is 5. The van der Waals surface area contributed by atoms with Crippen LogP contribution >= 0.6 is 0 Å². The lowest BCUT2D eigenvalue weighted by molar-refractivity contribution is -0.302. The SMILES string of the molecule is CC=CCOC1CC(C=C(C)C2OC(=O)C3CCCCN3C(=O)C(=O)C3(O)OC(C(OC)CC(C)CC(C)=CC(CC)C(=O)CC(O)C2C)C(OC)CC3C)CCC1O. The lowest BCUT2D eigenvalue weighted by Gasteiger charge is -2.47. The van der Waals surface area contributed by atoms with Gasteiger partial charge in [-0.2, -0.15) is 0 Å². The summed E-state index contributed by atoms with van der Waals surface area (Å²) in [7, 11) is 3.07. The van der Waals surface area contributed by atoms with Crippen LogP contribution in [0.2, 0.25) is 0 Å². The van der Waals surface area contributed by atoms with E-state index in [1.807, 2.05) is 52.0 Å². The van der Waals surface area contributed by atoms with Crippen LogP contribution in [0.1, 0.15) is 119 Å². The molecule has 4 aliphatic rings. The topological polar surface area (TPSA) is 178 Å². The molecule has 2 bridgehead atoms. The third-order valence-corrected chi connectivity index (χ3v) is 13.2. The van der Waals surface area contributed by atoms with Crippen LogP contribution in [0.3, 0.4) is 0 Å². The number of esters is 1. The lowest BCUT2D eigenvalue weighted by atomic mass is 9.81. The molecule has 1 aliphatic carbocycles. The molecule has 2 saturated heterocycles. The number of aliphatic hydroxyl groups is 3. The Bertz CT molecular complexity index is 1530. The molecule has 0 radical (unpaired) electrons. The summed E-state index contributed by atoms with van der Waals surface area (Å²) in [4.78, 5) is 57.9. The number of aliphatic hydroxyl groups excluding tert-OH is 2. The molecule has 0 spiro atoms. The Balaban J connectivity index is 1.75. The molecule has 3 heterocycles. The van der Waals surface area contributed by atoms with Gasteiger partial charge in [-0.15, -0.1) is 0 Å². The van der Waals surface area contributed by atoms with Gasteiger partial charge in [0.25, 0.3) is 11.7 Å². The minimum Gasteiger partial charge on any atom is -0.456 e. The number of hydrogen-bond donors (Lipinski definition) is 3. The van der Waals surface area contributed by atoms with Crippen LogP contribution in [-0.4, -0.2) is 126 Å². The molecule has 0 aromatic heterocycles. The standard InChI is InChI=1S/C46H73NO12/c1-10-12-19-57-38-25-32(16-17-35(38)48)23-29(5)41-31(7)36(49)26-37(50)33(11-2)21-27(3)20-28(4)22-39(55-8)42-40(56-9)24-30(6)46(54,59-42)43(51)44(52)47-18-14-13-15-34(47)45(53)58-41/h10,12,21,23,28,30-36,38-42,48-49,54H,11,13-20,22,24-26H2,1-9H3. The minimum atomic E-state index is -2.51. The Morgan fingerprint density at radius 2 is 1.64 bits per heavy atom. The number of fused-ring (bicyclic) bond motifs is 3. The van der Waals surface area contributed by atoms with Crippen LogP contribution in [0.5, 0.6) is 0 Å². The Hall–Kier alpha value is -2.78. The Labute approximate surface area is 351 Å². The highest BCUT2D eigenvalue weighted by atomic mass is 16.7. The zero-order chi connectivity index (χ0) is 43.6.